The van der Waals surface area contributed by atoms with Crippen molar-refractivity contribution in [3.8, 4) is 11.8 Å². The van der Waals surface area contributed by atoms with Gasteiger partial charge in [-0.25, -0.2) is 4.98 Å². The van der Waals surface area contributed by atoms with Crippen LogP contribution in [-0.4, -0.2) is 22.4 Å². The molecule has 2 aromatic heterocycles. The van der Waals surface area contributed by atoms with Crippen LogP contribution in [0.25, 0.3) is 0 Å². The second-order valence-corrected chi connectivity index (χ2v) is 4.04. The van der Waals surface area contributed by atoms with E-state index < -0.39 is 0 Å². The van der Waals surface area contributed by atoms with Crippen molar-refractivity contribution in [2.75, 3.05) is 11.9 Å². The summed E-state index contributed by atoms with van der Waals surface area (Å²) in [6.45, 7) is 0.263. The fourth-order valence-electron chi connectivity index (χ4n) is 1.40. The first-order valence-electron chi connectivity index (χ1n) is 5.50. The molecule has 96 valence electrons. The summed E-state index contributed by atoms with van der Waals surface area (Å²) in [6.07, 6.45) is 1.53. The van der Waals surface area contributed by atoms with E-state index in [4.69, 9.17) is 17.3 Å². The standard InChI is InChI=1S/C13H11ClN4O/c14-9-7-11(16-8-9)13(19)18-12-5-1-3-10(17-12)4-2-6-15/h1,3,5,7-8,16H,6,15H2,(H,17,18,19). The van der Waals surface area contributed by atoms with Gasteiger partial charge in [-0.3, -0.25) is 4.79 Å². The van der Waals surface area contributed by atoms with Crippen LogP contribution in [0.2, 0.25) is 5.02 Å². The Hall–Kier alpha value is -2.29. The van der Waals surface area contributed by atoms with E-state index in [1.165, 1.54) is 12.3 Å². The Balaban J connectivity index is 2.13. The zero-order valence-corrected chi connectivity index (χ0v) is 10.7. The summed E-state index contributed by atoms with van der Waals surface area (Å²) < 4.78 is 0. The molecular weight excluding hydrogens is 264 g/mol. The number of hydrogen-bond donors (Lipinski definition) is 3. The number of halogens is 1. The number of amides is 1. The molecule has 0 unspecified atom stereocenters. The molecule has 0 radical (unpaired) electrons. The molecule has 6 heteroatoms. The van der Waals surface area contributed by atoms with Crippen molar-refractivity contribution in [3.63, 3.8) is 0 Å². The maximum atomic E-state index is 11.9. The third-order valence-corrected chi connectivity index (χ3v) is 2.42. The highest BCUT2D eigenvalue weighted by Crippen LogP contribution is 2.11. The fourth-order valence-corrected chi connectivity index (χ4v) is 1.56. The van der Waals surface area contributed by atoms with Gasteiger partial charge in [0.2, 0.25) is 0 Å². The van der Waals surface area contributed by atoms with E-state index in [0.29, 0.717) is 22.2 Å². The lowest BCUT2D eigenvalue weighted by Gasteiger charge is -2.02. The maximum Gasteiger partial charge on any atom is 0.273 e. The topological polar surface area (TPSA) is 83.8 Å². The Kier molecular flexibility index (Phi) is 4.18. The molecule has 0 aromatic carbocycles. The summed E-state index contributed by atoms with van der Waals surface area (Å²) in [5.74, 6) is 5.59. The minimum Gasteiger partial charge on any atom is -0.356 e. The number of nitrogens with zero attached hydrogens (tertiary/aromatic N) is 1. The van der Waals surface area contributed by atoms with Crippen LogP contribution < -0.4 is 11.1 Å². The molecule has 0 saturated carbocycles. The molecule has 0 saturated heterocycles. The predicted molar refractivity (Wildman–Crippen MR) is 73.9 cm³/mol. The lowest BCUT2D eigenvalue weighted by Crippen LogP contribution is -2.13. The zero-order valence-electron chi connectivity index (χ0n) is 9.90. The number of carbonyl (C=O) groups is 1. The van der Waals surface area contributed by atoms with Crippen LogP contribution in [0.4, 0.5) is 5.82 Å². The Morgan fingerprint density at radius 3 is 3.05 bits per heavy atom. The van der Waals surface area contributed by atoms with Gasteiger partial charge in [-0.2, -0.15) is 0 Å². The zero-order chi connectivity index (χ0) is 13.7. The van der Waals surface area contributed by atoms with Crippen LogP contribution in [0.15, 0.2) is 30.5 Å². The number of carbonyl (C=O) groups excluding carboxylic acids is 1. The van der Waals surface area contributed by atoms with Crippen molar-refractivity contribution in [2.45, 2.75) is 0 Å². The Bertz CT molecular complexity index is 654. The molecule has 2 rings (SSSR count). The van der Waals surface area contributed by atoms with E-state index in [-0.39, 0.29) is 12.5 Å². The molecule has 0 atom stereocenters. The minimum atomic E-state index is -0.316. The van der Waals surface area contributed by atoms with Crippen molar-refractivity contribution in [1.82, 2.24) is 9.97 Å². The number of rotatable bonds is 2. The van der Waals surface area contributed by atoms with Gasteiger partial charge in [0.25, 0.3) is 5.91 Å². The third kappa shape index (κ3) is 3.58. The average Bonchev–Trinajstić information content (AvgIpc) is 2.83. The summed E-state index contributed by atoms with van der Waals surface area (Å²) in [5.41, 5.74) is 6.20. The van der Waals surface area contributed by atoms with Gasteiger partial charge in [0, 0.05) is 6.20 Å². The molecule has 0 spiro atoms. The average molecular weight is 275 g/mol. The SMILES string of the molecule is NCC#Cc1cccc(NC(=O)c2cc(Cl)c[nH]2)n1. The monoisotopic (exact) mass is 274 g/mol. The molecule has 1 amide bonds. The summed E-state index contributed by atoms with van der Waals surface area (Å²) in [5, 5.41) is 3.12. The highest BCUT2D eigenvalue weighted by atomic mass is 35.5. The largest absolute Gasteiger partial charge is 0.356 e. The Morgan fingerprint density at radius 2 is 2.37 bits per heavy atom. The second kappa shape index (κ2) is 6.05. The number of aromatic nitrogens is 2. The van der Waals surface area contributed by atoms with E-state index in [1.807, 2.05) is 0 Å². The van der Waals surface area contributed by atoms with Gasteiger partial charge in [0.15, 0.2) is 0 Å². The molecule has 0 fully saturated rings. The number of nitrogens with one attached hydrogen (secondary N) is 2. The molecule has 0 bridgehead atoms. The number of H-pyrrole nitrogens is 1. The van der Waals surface area contributed by atoms with Gasteiger partial charge < -0.3 is 16.0 Å². The van der Waals surface area contributed by atoms with Crippen LogP contribution in [0.5, 0.6) is 0 Å². The van der Waals surface area contributed by atoms with Crippen molar-refractivity contribution in [3.05, 3.63) is 46.9 Å². The number of aromatic amines is 1. The Labute approximate surface area is 115 Å². The smallest absolute Gasteiger partial charge is 0.273 e. The highest BCUT2D eigenvalue weighted by Gasteiger charge is 2.08. The molecule has 19 heavy (non-hydrogen) atoms. The molecule has 0 aliphatic rings. The first-order valence-corrected chi connectivity index (χ1v) is 5.88. The lowest BCUT2D eigenvalue weighted by atomic mass is 10.3. The van der Waals surface area contributed by atoms with Crippen molar-refractivity contribution >= 4 is 23.3 Å². The van der Waals surface area contributed by atoms with Crippen molar-refractivity contribution < 1.29 is 4.79 Å². The van der Waals surface area contributed by atoms with Crippen LogP contribution in [0, 0.1) is 11.8 Å². The second-order valence-electron chi connectivity index (χ2n) is 3.60. The van der Waals surface area contributed by atoms with Crippen LogP contribution in [0.1, 0.15) is 16.2 Å². The Morgan fingerprint density at radius 1 is 1.53 bits per heavy atom. The quantitative estimate of drug-likeness (QED) is 0.728. The van der Waals surface area contributed by atoms with E-state index in [0.717, 1.165) is 0 Å². The predicted octanol–water partition coefficient (Wildman–Crippen LogP) is 1.63. The van der Waals surface area contributed by atoms with E-state index in [1.54, 1.807) is 18.2 Å². The summed E-state index contributed by atoms with van der Waals surface area (Å²) in [4.78, 5) is 18.8. The summed E-state index contributed by atoms with van der Waals surface area (Å²) in [6, 6.07) is 6.71. The molecule has 5 nitrogen and oxygen atoms in total. The van der Waals surface area contributed by atoms with E-state index >= 15 is 0 Å². The number of nitrogens with two attached hydrogens (primary N) is 1. The molecule has 0 aliphatic carbocycles. The van der Waals surface area contributed by atoms with E-state index in [2.05, 4.69) is 27.1 Å². The maximum absolute atomic E-state index is 11.9. The first-order chi connectivity index (χ1) is 9.19. The summed E-state index contributed by atoms with van der Waals surface area (Å²) in [7, 11) is 0. The molecule has 0 aliphatic heterocycles. The minimum absolute atomic E-state index is 0.263. The van der Waals surface area contributed by atoms with Gasteiger partial charge in [0.1, 0.15) is 17.2 Å². The van der Waals surface area contributed by atoms with Gasteiger partial charge in [-0.15, -0.1) is 0 Å². The van der Waals surface area contributed by atoms with E-state index in [9.17, 15) is 4.79 Å². The number of anilines is 1. The highest BCUT2D eigenvalue weighted by molar-refractivity contribution is 6.31. The molecule has 2 heterocycles. The van der Waals surface area contributed by atoms with Crippen LogP contribution in [0.3, 0.4) is 0 Å². The third-order valence-electron chi connectivity index (χ3n) is 2.20. The van der Waals surface area contributed by atoms with Crippen LogP contribution >= 0.6 is 11.6 Å². The first kappa shape index (κ1) is 13.1. The van der Waals surface area contributed by atoms with Crippen molar-refractivity contribution in [1.29, 1.82) is 0 Å². The van der Waals surface area contributed by atoms with Gasteiger partial charge in [-0.05, 0) is 24.1 Å². The van der Waals surface area contributed by atoms with Gasteiger partial charge in [-0.1, -0.05) is 23.6 Å². The van der Waals surface area contributed by atoms with Gasteiger partial charge >= 0.3 is 0 Å². The number of hydrogen-bond acceptors (Lipinski definition) is 3. The van der Waals surface area contributed by atoms with Crippen LogP contribution in [-0.2, 0) is 0 Å². The summed E-state index contributed by atoms with van der Waals surface area (Å²) >= 11 is 5.73. The lowest BCUT2D eigenvalue weighted by molar-refractivity contribution is 0.102. The normalized spacial score (nSPS) is 9.58. The molecular formula is C13H11ClN4O. The molecule has 4 N–H and O–H groups in total. The fraction of sp³-hybridized carbons (Fsp3) is 0.0769. The van der Waals surface area contributed by atoms with Crippen molar-refractivity contribution in [2.24, 2.45) is 5.73 Å². The van der Waals surface area contributed by atoms with Gasteiger partial charge in [0.05, 0.1) is 11.6 Å². The number of pyridine rings is 1. The molecule has 2 aromatic rings.